The van der Waals surface area contributed by atoms with Crippen LogP contribution in [-0.4, -0.2) is 31.1 Å². The summed E-state index contributed by atoms with van der Waals surface area (Å²) >= 11 is 0. The second-order valence-electron chi connectivity index (χ2n) is 5.42. The molecule has 0 aromatic heterocycles. The predicted molar refractivity (Wildman–Crippen MR) is 74.8 cm³/mol. The Bertz CT molecular complexity index is 414. The number of hydrogen-bond acceptors (Lipinski definition) is 2. The van der Waals surface area contributed by atoms with Gasteiger partial charge in [0.15, 0.2) is 0 Å². The van der Waals surface area contributed by atoms with Crippen LogP contribution in [0.5, 0.6) is 0 Å². The minimum Gasteiger partial charge on any atom is -0.385 e. The Morgan fingerprint density at radius 3 is 2.50 bits per heavy atom. The number of likely N-dealkylation sites (tertiary alicyclic amines) is 1. The third-order valence-electron chi connectivity index (χ3n) is 3.94. The van der Waals surface area contributed by atoms with Crippen LogP contribution in [0.25, 0.3) is 0 Å². The van der Waals surface area contributed by atoms with Gasteiger partial charge in [-0.15, -0.1) is 0 Å². The normalized spacial score (nSPS) is 20.9. The van der Waals surface area contributed by atoms with E-state index in [1.807, 2.05) is 0 Å². The fourth-order valence-corrected chi connectivity index (χ4v) is 2.67. The van der Waals surface area contributed by atoms with Crippen LogP contribution in [0, 0.1) is 0 Å². The van der Waals surface area contributed by atoms with Gasteiger partial charge in [0.2, 0.25) is 0 Å². The lowest BCUT2D eigenvalue weighted by atomic mass is 10.0. The molecular weight excluding hydrogens is 265 g/mol. The summed E-state index contributed by atoms with van der Waals surface area (Å²) in [4.78, 5) is 2.37. The van der Waals surface area contributed by atoms with E-state index in [1.54, 1.807) is 0 Å². The van der Waals surface area contributed by atoms with Crippen molar-refractivity contribution in [2.75, 3.05) is 25.5 Å². The molecule has 2 rings (SSSR count). The van der Waals surface area contributed by atoms with Gasteiger partial charge in [0.25, 0.3) is 0 Å². The van der Waals surface area contributed by atoms with Crippen LogP contribution in [0.15, 0.2) is 24.3 Å². The van der Waals surface area contributed by atoms with Gasteiger partial charge in [-0.2, -0.15) is 13.2 Å². The number of nitrogens with one attached hydrogen (secondary N) is 1. The van der Waals surface area contributed by atoms with Crippen molar-refractivity contribution in [1.29, 1.82) is 0 Å². The van der Waals surface area contributed by atoms with Gasteiger partial charge >= 0.3 is 6.18 Å². The van der Waals surface area contributed by atoms with Gasteiger partial charge in [0.1, 0.15) is 0 Å². The Balaban J connectivity index is 1.79. The Labute approximate surface area is 118 Å². The summed E-state index contributed by atoms with van der Waals surface area (Å²) in [5, 5.41) is 3.20. The topological polar surface area (TPSA) is 15.3 Å². The van der Waals surface area contributed by atoms with E-state index in [4.69, 9.17) is 0 Å². The summed E-state index contributed by atoms with van der Waals surface area (Å²) < 4.78 is 37.3. The van der Waals surface area contributed by atoms with Crippen LogP contribution < -0.4 is 5.32 Å². The number of halogens is 3. The lowest BCUT2D eigenvalue weighted by molar-refractivity contribution is -0.137. The van der Waals surface area contributed by atoms with E-state index in [0.29, 0.717) is 6.04 Å². The van der Waals surface area contributed by atoms with Gasteiger partial charge in [-0.25, -0.2) is 0 Å². The standard InChI is InChI=1S/C15H21F3N2/c1-20-11-3-2-4-14(20)9-10-19-13-7-5-12(6-8-13)15(16,17)18/h5-8,14,19H,2-4,9-11H2,1H3. The Kier molecular flexibility index (Phi) is 4.91. The molecule has 0 saturated carbocycles. The van der Waals surface area contributed by atoms with E-state index < -0.39 is 11.7 Å². The smallest absolute Gasteiger partial charge is 0.385 e. The molecule has 1 fully saturated rings. The van der Waals surface area contributed by atoms with Crippen LogP contribution in [-0.2, 0) is 6.18 Å². The first-order valence-corrected chi connectivity index (χ1v) is 7.08. The summed E-state index contributed by atoms with van der Waals surface area (Å²) in [5.41, 5.74) is 0.145. The van der Waals surface area contributed by atoms with Crippen molar-refractivity contribution >= 4 is 5.69 Å². The van der Waals surface area contributed by atoms with Gasteiger partial charge in [-0.1, -0.05) is 6.42 Å². The molecule has 1 atom stereocenters. The highest BCUT2D eigenvalue weighted by atomic mass is 19.4. The van der Waals surface area contributed by atoms with Gasteiger partial charge in [-0.3, -0.25) is 0 Å². The van der Waals surface area contributed by atoms with Crippen molar-refractivity contribution in [3.63, 3.8) is 0 Å². The predicted octanol–water partition coefficient (Wildman–Crippen LogP) is 3.99. The molecule has 1 aromatic rings. The summed E-state index contributed by atoms with van der Waals surface area (Å²) in [6, 6.07) is 5.82. The summed E-state index contributed by atoms with van der Waals surface area (Å²) in [7, 11) is 2.14. The number of nitrogens with zero attached hydrogens (tertiary/aromatic N) is 1. The first kappa shape index (κ1) is 15.2. The van der Waals surface area contributed by atoms with E-state index >= 15 is 0 Å². The largest absolute Gasteiger partial charge is 0.416 e. The van der Waals surface area contributed by atoms with Crippen molar-refractivity contribution in [1.82, 2.24) is 4.90 Å². The van der Waals surface area contributed by atoms with E-state index in [1.165, 1.54) is 31.4 Å². The van der Waals surface area contributed by atoms with E-state index in [0.717, 1.165) is 37.3 Å². The monoisotopic (exact) mass is 286 g/mol. The zero-order valence-electron chi connectivity index (χ0n) is 11.7. The molecule has 1 heterocycles. The molecule has 1 saturated heterocycles. The maximum Gasteiger partial charge on any atom is 0.416 e. The van der Waals surface area contributed by atoms with Gasteiger partial charge in [-0.05, 0) is 57.1 Å². The first-order valence-electron chi connectivity index (χ1n) is 7.08. The van der Waals surface area contributed by atoms with E-state index in [2.05, 4.69) is 17.3 Å². The van der Waals surface area contributed by atoms with E-state index in [9.17, 15) is 13.2 Å². The molecule has 0 spiro atoms. The van der Waals surface area contributed by atoms with Crippen LogP contribution in [0.3, 0.4) is 0 Å². The molecule has 0 amide bonds. The van der Waals surface area contributed by atoms with Crippen LogP contribution in [0.2, 0.25) is 0 Å². The van der Waals surface area contributed by atoms with Crippen LogP contribution in [0.1, 0.15) is 31.2 Å². The minimum atomic E-state index is -4.26. The van der Waals surface area contributed by atoms with Gasteiger partial charge < -0.3 is 10.2 Å². The van der Waals surface area contributed by atoms with Crippen molar-refractivity contribution in [2.45, 2.75) is 37.9 Å². The lowest BCUT2D eigenvalue weighted by Crippen LogP contribution is -2.37. The van der Waals surface area contributed by atoms with Gasteiger partial charge in [0.05, 0.1) is 5.56 Å². The third kappa shape index (κ3) is 4.13. The Morgan fingerprint density at radius 2 is 1.90 bits per heavy atom. The van der Waals surface area contributed by atoms with Crippen molar-refractivity contribution < 1.29 is 13.2 Å². The number of benzene rings is 1. The summed E-state index contributed by atoms with van der Waals surface area (Å²) in [6.45, 7) is 1.94. The lowest BCUT2D eigenvalue weighted by Gasteiger charge is -2.32. The third-order valence-corrected chi connectivity index (χ3v) is 3.94. The average Bonchev–Trinajstić information content (AvgIpc) is 2.40. The second-order valence-corrected chi connectivity index (χ2v) is 5.42. The zero-order valence-corrected chi connectivity index (χ0v) is 11.7. The number of hydrogen-bond donors (Lipinski definition) is 1. The highest BCUT2D eigenvalue weighted by Crippen LogP contribution is 2.29. The van der Waals surface area contributed by atoms with Gasteiger partial charge in [0, 0.05) is 18.3 Å². The molecule has 1 aliphatic rings. The minimum absolute atomic E-state index is 0.589. The zero-order chi connectivity index (χ0) is 14.6. The highest BCUT2D eigenvalue weighted by molar-refractivity contribution is 5.45. The van der Waals surface area contributed by atoms with E-state index in [-0.39, 0.29) is 0 Å². The molecule has 5 heteroatoms. The first-order chi connectivity index (χ1) is 9.47. The molecule has 1 N–H and O–H groups in total. The molecule has 20 heavy (non-hydrogen) atoms. The Morgan fingerprint density at radius 1 is 1.20 bits per heavy atom. The quantitative estimate of drug-likeness (QED) is 0.900. The molecule has 1 aliphatic heterocycles. The second kappa shape index (κ2) is 6.48. The Hall–Kier alpha value is -1.23. The average molecular weight is 286 g/mol. The van der Waals surface area contributed by atoms with Crippen LogP contribution in [0.4, 0.5) is 18.9 Å². The molecule has 0 aliphatic carbocycles. The molecular formula is C15H21F3N2. The fraction of sp³-hybridized carbons (Fsp3) is 0.600. The molecule has 112 valence electrons. The summed E-state index contributed by atoms with van der Waals surface area (Å²) in [5.74, 6) is 0. The molecule has 1 unspecified atom stereocenters. The molecule has 1 aromatic carbocycles. The number of piperidine rings is 1. The molecule has 2 nitrogen and oxygen atoms in total. The SMILES string of the molecule is CN1CCCCC1CCNc1ccc(C(F)(F)F)cc1. The highest BCUT2D eigenvalue weighted by Gasteiger charge is 2.29. The maximum atomic E-state index is 12.4. The fourth-order valence-electron chi connectivity index (χ4n) is 2.67. The molecule has 0 radical (unpaired) electrons. The maximum absolute atomic E-state index is 12.4. The number of alkyl halides is 3. The van der Waals surface area contributed by atoms with Crippen molar-refractivity contribution in [3.05, 3.63) is 29.8 Å². The molecule has 0 bridgehead atoms. The number of rotatable bonds is 4. The van der Waals surface area contributed by atoms with Crippen LogP contribution >= 0.6 is 0 Å². The van der Waals surface area contributed by atoms with Crippen molar-refractivity contribution in [3.8, 4) is 0 Å². The number of anilines is 1. The summed E-state index contributed by atoms with van der Waals surface area (Å²) in [6.07, 6.45) is 0.515. The van der Waals surface area contributed by atoms with Crippen molar-refractivity contribution in [2.24, 2.45) is 0 Å².